The topological polar surface area (TPSA) is 132 Å². The van der Waals surface area contributed by atoms with Crippen LogP contribution in [-0.4, -0.2) is 62.0 Å². The minimum atomic E-state index is 0.110. The smallest absolute Gasteiger partial charge is 0.140 e. The number of benzene rings is 5. The first kappa shape index (κ1) is 112. The number of ether oxygens (including phenoxy) is 5. The largest absolute Gasteiger partial charge is 0.494 e. The molecule has 5 fully saturated rings. The molecule has 0 unspecified atom stereocenters. The van der Waals surface area contributed by atoms with E-state index in [1.807, 2.05) is 48.5 Å². The predicted octanol–water partition coefficient (Wildman–Crippen LogP) is 35.3. The normalized spacial score (nSPS) is 20.3. The zero-order chi connectivity index (χ0) is 93.1. The van der Waals surface area contributed by atoms with Gasteiger partial charge in [0.2, 0.25) is 0 Å². The van der Waals surface area contributed by atoms with Crippen molar-refractivity contribution in [2.45, 2.75) is 484 Å². The lowest BCUT2D eigenvalue weighted by Gasteiger charge is -2.27. The van der Waals surface area contributed by atoms with Gasteiger partial charge in [-0.25, -0.2) is 0 Å². The van der Waals surface area contributed by atoms with Crippen molar-refractivity contribution in [3.8, 4) is 28.7 Å². The summed E-state index contributed by atoms with van der Waals surface area (Å²) in [5, 5.41) is 0. The number of ketones is 5. The molecule has 0 N–H and O–H groups in total. The Kier molecular flexibility index (Phi) is 62.1. The maximum atomic E-state index is 12.6. The molecule has 5 aromatic rings. The van der Waals surface area contributed by atoms with Crippen molar-refractivity contribution < 1.29 is 47.7 Å². The van der Waals surface area contributed by atoms with Crippen LogP contribution in [0, 0.1) is 29.6 Å². The van der Waals surface area contributed by atoms with Gasteiger partial charge in [-0.05, 0) is 214 Å². The summed E-state index contributed by atoms with van der Waals surface area (Å²) >= 11 is 0. The van der Waals surface area contributed by atoms with Gasteiger partial charge < -0.3 is 23.7 Å². The van der Waals surface area contributed by atoms with E-state index in [1.165, 1.54) is 298 Å². The van der Waals surface area contributed by atoms with Crippen LogP contribution in [0.1, 0.15) is 512 Å². The molecule has 0 spiro atoms. The number of carbonyl (C=O) groups excluding carboxylic acids is 5. The molecule has 730 valence electrons. The molecule has 0 saturated heterocycles. The second kappa shape index (κ2) is 71.9. The third-order valence-corrected chi connectivity index (χ3v) is 28.8. The molecule has 10 nitrogen and oxygen atoms in total. The van der Waals surface area contributed by atoms with E-state index in [4.69, 9.17) is 23.7 Å². The van der Waals surface area contributed by atoms with Crippen LogP contribution < -0.4 is 23.7 Å². The van der Waals surface area contributed by atoms with Gasteiger partial charge in [-0.15, -0.1) is 0 Å². The Balaban J connectivity index is 0.000000251. The summed E-state index contributed by atoms with van der Waals surface area (Å²) < 4.78 is 29.3. The Bertz CT molecular complexity index is 3640. The SMILES string of the molecule is CCCCCCCCCOc1ccc([C@H]2CC[C@H](C)CC2=O)cc1.CCCCCCCCCOc1ccc([C@H]2CC[C@H](CC)CC2=O)cc1.CCCCCCCCCOc1ccc([C@H]2CC[C@H](CCC)CC2=O)cc1.CCCCCCCCCOc1ccc([C@H]2CC[C@H](CCCC)CC2=O)cc1.CCCCCCCCCOc1ccc([C@H]2CC[C@H](CCCCC)CC2=O)cc1. The molecular formula is C120H190O10. The maximum Gasteiger partial charge on any atom is 0.140 e. The molecule has 10 atom stereocenters. The Morgan fingerprint density at radius 2 is 0.400 bits per heavy atom. The highest BCUT2D eigenvalue weighted by Crippen LogP contribution is 2.41. The van der Waals surface area contributed by atoms with Crippen molar-refractivity contribution in [2.24, 2.45) is 29.6 Å². The van der Waals surface area contributed by atoms with Gasteiger partial charge in [0.25, 0.3) is 0 Å². The second-order valence-electron chi connectivity index (χ2n) is 40.1. The van der Waals surface area contributed by atoms with Crippen LogP contribution in [0.25, 0.3) is 0 Å². The summed E-state index contributed by atoms with van der Waals surface area (Å²) in [6, 6.07) is 41.4. The quantitative estimate of drug-likeness (QED) is 0.0347. The van der Waals surface area contributed by atoms with Crippen molar-refractivity contribution in [3.63, 3.8) is 0 Å². The van der Waals surface area contributed by atoms with E-state index < -0.39 is 0 Å². The Morgan fingerprint density at radius 3 is 0.631 bits per heavy atom. The summed E-state index contributed by atoms with van der Waals surface area (Å²) in [7, 11) is 0. The van der Waals surface area contributed by atoms with Crippen molar-refractivity contribution >= 4 is 28.9 Å². The molecule has 0 bridgehead atoms. The zero-order valence-electron chi connectivity index (χ0n) is 84.9. The number of hydrogen-bond acceptors (Lipinski definition) is 10. The van der Waals surface area contributed by atoms with E-state index in [2.05, 4.69) is 142 Å². The summed E-state index contributed by atoms with van der Waals surface area (Å²) in [5.74, 6) is 10.4. The van der Waals surface area contributed by atoms with Crippen molar-refractivity contribution in [2.75, 3.05) is 33.0 Å². The lowest BCUT2D eigenvalue weighted by molar-refractivity contribution is -0.124. The summed E-state index contributed by atoms with van der Waals surface area (Å²) in [6.45, 7) is 26.3. The van der Waals surface area contributed by atoms with Crippen LogP contribution in [0.3, 0.4) is 0 Å². The number of Topliss-reactive ketones (excluding diaryl/α,β-unsaturated/α-hetero) is 5. The first-order valence-electron chi connectivity index (χ1n) is 54.9. The van der Waals surface area contributed by atoms with Gasteiger partial charge in [0.15, 0.2) is 0 Å². The number of rotatable bonds is 60. The fourth-order valence-corrected chi connectivity index (χ4v) is 20.2. The molecule has 5 aliphatic carbocycles. The minimum Gasteiger partial charge on any atom is -0.494 e. The van der Waals surface area contributed by atoms with E-state index in [9.17, 15) is 24.0 Å². The monoisotopic (exact) mass is 1790 g/mol. The average molecular weight is 1790 g/mol. The summed E-state index contributed by atoms with van der Waals surface area (Å²) in [5.41, 5.74) is 5.86. The minimum absolute atomic E-state index is 0.110. The van der Waals surface area contributed by atoms with Crippen LogP contribution in [0.5, 0.6) is 28.7 Å². The number of unbranched alkanes of at least 4 members (excludes halogenated alkanes) is 33. The van der Waals surface area contributed by atoms with Crippen LogP contribution in [-0.2, 0) is 24.0 Å². The second-order valence-corrected chi connectivity index (χ2v) is 40.1. The lowest BCUT2D eigenvalue weighted by Crippen LogP contribution is -2.23. The van der Waals surface area contributed by atoms with Crippen LogP contribution in [0.15, 0.2) is 121 Å². The van der Waals surface area contributed by atoms with E-state index in [-0.39, 0.29) is 29.6 Å². The molecular weight excluding hydrogens is 1600 g/mol. The third kappa shape index (κ3) is 47.6. The average Bonchev–Trinajstić information content (AvgIpc) is 0.847. The molecule has 0 heterocycles. The van der Waals surface area contributed by atoms with Gasteiger partial charge in [0.05, 0.1) is 33.0 Å². The first-order chi connectivity index (χ1) is 63.7. The predicted molar refractivity (Wildman–Crippen MR) is 550 cm³/mol. The summed E-state index contributed by atoms with van der Waals surface area (Å²) in [4.78, 5) is 62.2. The Labute approximate surface area is 796 Å². The maximum absolute atomic E-state index is 12.6. The van der Waals surface area contributed by atoms with Gasteiger partial charge >= 0.3 is 0 Å². The Hall–Kier alpha value is -6.55. The molecule has 5 saturated carbocycles. The van der Waals surface area contributed by atoms with E-state index in [0.29, 0.717) is 58.5 Å². The van der Waals surface area contributed by atoms with Gasteiger partial charge in [0.1, 0.15) is 57.7 Å². The fourth-order valence-electron chi connectivity index (χ4n) is 20.2. The van der Waals surface area contributed by atoms with E-state index in [0.717, 1.165) is 176 Å². The van der Waals surface area contributed by atoms with Crippen molar-refractivity contribution in [1.82, 2.24) is 0 Å². The van der Waals surface area contributed by atoms with Crippen LogP contribution >= 0.6 is 0 Å². The standard InChI is InChI=1S/C26H42O2.C25H40O2.C24H38O2.C23H36O2.C22H34O2/c1-3-5-7-8-9-10-12-20-28-24-17-15-23(16-18-24)25-19-14-22(21-26(25)27)13-11-6-4-2;1-3-5-7-8-9-10-11-19-27-23-16-14-22(15-17-23)24-18-13-21(12-6-4-2)20-25(24)26;1-3-5-6-7-8-9-10-18-26-22-15-13-21(14-16-22)23-17-12-20(11-4-2)19-24(23)25;1-3-5-6-7-8-9-10-17-25-21-14-12-20(13-15-21)22-16-11-19(4-2)18-23(22)24;1-3-4-5-6-7-8-9-16-24-20-13-11-19(12-14-20)21-15-10-18(2)17-22(21)23/h15-18,22,25H,3-14,19-21H2,1-2H3;14-17,21,24H,3-13,18-20H2,1-2H3;13-16,20,23H,3-12,17-19H2,1-2H3;12-15,19,22H,3-11,16-18H2,1-2H3;11-14,18,21H,3-10,15-17H2,1-2H3/t22-,25+;21-,24+;20-,23+;19-,22+;18-,21+/m00000/s1. The molecule has 5 aliphatic rings. The van der Waals surface area contributed by atoms with Gasteiger partial charge in [-0.3, -0.25) is 24.0 Å². The van der Waals surface area contributed by atoms with Gasteiger partial charge in [-0.2, -0.15) is 0 Å². The molecule has 0 radical (unpaired) electrons. The van der Waals surface area contributed by atoms with Gasteiger partial charge in [-0.1, -0.05) is 387 Å². The van der Waals surface area contributed by atoms with Gasteiger partial charge in [0, 0.05) is 61.7 Å². The molecule has 130 heavy (non-hydrogen) atoms. The van der Waals surface area contributed by atoms with Crippen molar-refractivity contribution in [3.05, 3.63) is 149 Å². The molecule has 10 rings (SSSR count). The molecule has 5 aromatic carbocycles. The molecule has 0 aliphatic heterocycles. The first-order valence-corrected chi connectivity index (χ1v) is 54.9. The Morgan fingerprint density at radius 1 is 0.200 bits per heavy atom. The molecule has 0 aromatic heterocycles. The van der Waals surface area contributed by atoms with E-state index >= 15 is 0 Å². The molecule has 10 heteroatoms. The number of carbonyl (C=O) groups is 5. The zero-order valence-corrected chi connectivity index (χ0v) is 84.9. The molecule has 0 amide bonds. The van der Waals surface area contributed by atoms with Crippen molar-refractivity contribution in [1.29, 1.82) is 0 Å². The lowest BCUT2D eigenvalue weighted by atomic mass is 9.76. The fraction of sp³-hybridized carbons (Fsp3) is 0.708. The highest BCUT2D eigenvalue weighted by atomic mass is 16.5. The third-order valence-electron chi connectivity index (χ3n) is 28.8. The summed E-state index contributed by atoms with van der Waals surface area (Å²) in [6.07, 6.45) is 72.8. The van der Waals surface area contributed by atoms with Crippen LogP contribution in [0.2, 0.25) is 0 Å². The van der Waals surface area contributed by atoms with E-state index in [1.54, 1.807) is 0 Å². The highest BCUT2D eigenvalue weighted by Gasteiger charge is 2.34. The highest BCUT2D eigenvalue weighted by molar-refractivity contribution is 5.89. The number of hydrogen-bond donors (Lipinski definition) is 0. The van der Waals surface area contributed by atoms with Crippen LogP contribution in [0.4, 0.5) is 0 Å².